The van der Waals surface area contributed by atoms with Crippen molar-refractivity contribution in [2.24, 2.45) is 0 Å². The Bertz CT molecular complexity index is 979. The summed E-state index contributed by atoms with van der Waals surface area (Å²) in [5.74, 6) is -0.300. The van der Waals surface area contributed by atoms with Crippen molar-refractivity contribution < 1.29 is 9.59 Å². The molecule has 0 bridgehead atoms. The molecule has 0 saturated carbocycles. The van der Waals surface area contributed by atoms with Crippen molar-refractivity contribution in [3.63, 3.8) is 0 Å². The average molecular weight is 376 g/mol. The molecule has 0 fully saturated rings. The number of amides is 2. The fourth-order valence-corrected chi connectivity index (χ4v) is 3.14. The predicted octanol–water partition coefficient (Wildman–Crippen LogP) is 3.88. The van der Waals surface area contributed by atoms with Gasteiger partial charge in [0.25, 0.3) is 5.91 Å². The monoisotopic (exact) mass is 376 g/mol. The molecule has 28 heavy (non-hydrogen) atoms. The first-order chi connectivity index (χ1) is 13.5. The number of benzene rings is 2. The first kappa shape index (κ1) is 19.4. The van der Waals surface area contributed by atoms with Gasteiger partial charge in [-0.3, -0.25) is 9.59 Å². The van der Waals surface area contributed by atoms with E-state index >= 15 is 0 Å². The molecule has 6 nitrogen and oxygen atoms in total. The third-order valence-electron chi connectivity index (χ3n) is 4.50. The molecule has 3 rings (SSSR count). The van der Waals surface area contributed by atoms with Gasteiger partial charge in [-0.1, -0.05) is 37.3 Å². The molecule has 0 spiro atoms. The summed E-state index contributed by atoms with van der Waals surface area (Å²) in [6.07, 6.45) is 2.30. The lowest BCUT2D eigenvalue weighted by molar-refractivity contribution is -0.114. The van der Waals surface area contributed by atoms with Crippen molar-refractivity contribution in [2.45, 2.75) is 33.2 Å². The van der Waals surface area contributed by atoms with Crippen LogP contribution in [-0.4, -0.2) is 21.6 Å². The van der Waals surface area contributed by atoms with Crippen LogP contribution >= 0.6 is 0 Å². The lowest BCUT2D eigenvalue weighted by Crippen LogP contribution is -2.27. The van der Waals surface area contributed by atoms with E-state index in [0.717, 1.165) is 16.9 Å². The largest absolute Gasteiger partial charge is 0.345 e. The quantitative estimate of drug-likeness (QED) is 0.685. The van der Waals surface area contributed by atoms with E-state index < -0.39 is 0 Å². The highest BCUT2D eigenvalue weighted by molar-refractivity contribution is 5.95. The number of nitrogens with zero attached hydrogens (tertiary/aromatic N) is 2. The molecule has 1 unspecified atom stereocenters. The second-order valence-electron chi connectivity index (χ2n) is 6.61. The molecule has 1 aromatic heterocycles. The Kier molecular flexibility index (Phi) is 5.89. The smallest absolute Gasteiger partial charge is 0.255 e. The normalized spacial score (nSPS) is 11.7. The Morgan fingerprint density at radius 2 is 1.86 bits per heavy atom. The van der Waals surface area contributed by atoms with Gasteiger partial charge in [0.05, 0.1) is 29.2 Å². The summed E-state index contributed by atoms with van der Waals surface area (Å²) >= 11 is 0. The molecule has 3 aromatic rings. The number of hydrogen-bond donors (Lipinski definition) is 2. The van der Waals surface area contributed by atoms with E-state index in [-0.39, 0.29) is 17.9 Å². The van der Waals surface area contributed by atoms with Crippen LogP contribution in [0, 0.1) is 0 Å². The Morgan fingerprint density at radius 3 is 2.54 bits per heavy atom. The predicted molar refractivity (Wildman–Crippen MR) is 110 cm³/mol. The van der Waals surface area contributed by atoms with Gasteiger partial charge in [-0.05, 0) is 43.2 Å². The SMILES string of the molecule is CCc1c(C(=O)NC(C)c2cccc(NC(C)=O)c2)cnn1-c1ccccc1. The van der Waals surface area contributed by atoms with Crippen molar-refractivity contribution in [1.29, 1.82) is 0 Å². The zero-order chi connectivity index (χ0) is 20.1. The minimum Gasteiger partial charge on any atom is -0.345 e. The van der Waals surface area contributed by atoms with E-state index in [0.29, 0.717) is 17.7 Å². The van der Waals surface area contributed by atoms with Gasteiger partial charge in [-0.2, -0.15) is 5.10 Å². The number of hydrogen-bond acceptors (Lipinski definition) is 3. The minimum absolute atomic E-state index is 0.130. The first-order valence-electron chi connectivity index (χ1n) is 9.30. The molecule has 2 aromatic carbocycles. The molecule has 144 valence electrons. The van der Waals surface area contributed by atoms with Crippen LogP contribution in [0.25, 0.3) is 5.69 Å². The molecule has 0 aliphatic heterocycles. The minimum atomic E-state index is -0.217. The Morgan fingerprint density at radius 1 is 1.11 bits per heavy atom. The summed E-state index contributed by atoms with van der Waals surface area (Å²) in [6.45, 7) is 5.39. The highest BCUT2D eigenvalue weighted by Gasteiger charge is 2.19. The maximum Gasteiger partial charge on any atom is 0.255 e. The molecular weight excluding hydrogens is 352 g/mol. The van der Waals surface area contributed by atoms with Crippen LogP contribution in [0.3, 0.4) is 0 Å². The number of carbonyl (C=O) groups excluding carboxylic acids is 2. The molecule has 0 saturated heterocycles. The number of para-hydroxylation sites is 1. The van der Waals surface area contributed by atoms with Gasteiger partial charge in [-0.15, -0.1) is 0 Å². The van der Waals surface area contributed by atoms with E-state index in [4.69, 9.17) is 0 Å². The Balaban J connectivity index is 1.80. The second kappa shape index (κ2) is 8.52. The Labute approximate surface area is 164 Å². The summed E-state index contributed by atoms with van der Waals surface area (Å²) in [7, 11) is 0. The van der Waals surface area contributed by atoms with Gasteiger partial charge in [0.2, 0.25) is 5.91 Å². The summed E-state index contributed by atoms with van der Waals surface area (Å²) in [5.41, 5.74) is 3.97. The standard InChI is InChI=1S/C22H24N4O2/c1-4-21-20(14-23-26(21)19-11-6-5-7-12-19)22(28)24-15(2)17-9-8-10-18(13-17)25-16(3)27/h5-15H,4H2,1-3H3,(H,24,28)(H,25,27). The van der Waals surface area contributed by atoms with E-state index in [9.17, 15) is 9.59 Å². The van der Waals surface area contributed by atoms with Crippen molar-refractivity contribution in [3.05, 3.63) is 77.6 Å². The van der Waals surface area contributed by atoms with Crippen LogP contribution in [0.1, 0.15) is 48.4 Å². The van der Waals surface area contributed by atoms with Gasteiger partial charge in [0, 0.05) is 12.6 Å². The second-order valence-corrected chi connectivity index (χ2v) is 6.61. The summed E-state index contributed by atoms with van der Waals surface area (Å²) < 4.78 is 1.80. The lowest BCUT2D eigenvalue weighted by Gasteiger charge is -2.16. The fraction of sp³-hybridized carbons (Fsp3) is 0.227. The van der Waals surface area contributed by atoms with Crippen LogP contribution in [0.2, 0.25) is 0 Å². The maximum absolute atomic E-state index is 12.9. The molecule has 2 amide bonds. The number of anilines is 1. The molecule has 0 aliphatic rings. The van der Waals surface area contributed by atoms with Crippen molar-refractivity contribution in [1.82, 2.24) is 15.1 Å². The number of carbonyl (C=O) groups is 2. The zero-order valence-electron chi connectivity index (χ0n) is 16.3. The summed E-state index contributed by atoms with van der Waals surface area (Å²) in [6, 6.07) is 17.0. The van der Waals surface area contributed by atoms with Crippen molar-refractivity contribution in [2.75, 3.05) is 5.32 Å². The fourth-order valence-electron chi connectivity index (χ4n) is 3.14. The van der Waals surface area contributed by atoms with Crippen LogP contribution in [-0.2, 0) is 11.2 Å². The van der Waals surface area contributed by atoms with Crippen LogP contribution in [0.15, 0.2) is 60.8 Å². The summed E-state index contributed by atoms with van der Waals surface area (Å²) in [4.78, 5) is 24.1. The van der Waals surface area contributed by atoms with Crippen molar-refractivity contribution in [3.8, 4) is 5.69 Å². The van der Waals surface area contributed by atoms with E-state index in [1.807, 2.05) is 68.4 Å². The summed E-state index contributed by atoms with van der Waals surface area (Å²) in [5, 5.41) is 10.2. The van der Waals surface area contributed by atoms with Gasteiger partial charge in [0.1, 0.15) is 0 Å². The molecule has 1 heterocycles. The van der Waals surface area contributed by atoms with Gasteiger partial charge < -0.3 is 10.6 Å². The van der Waals surface area contributed by atoms with Crippen molar-refractivity contribution >= 4 is 17.5 Å². The molecule has 1 atom stereocenters. The average Bonchev–Trinajstić information content (AvgIpc) is 3.12. The maximum atomic E-state index is 12.9. The van der Waals surface area contributed by atoms with E-state index in [2.05, 4.69) is 15.7 Å². The topological polar surface area (TPSA) is 76.0 Å². The Hall–Kier alpha value is -3.41. The number of nitrogens with one attached hydrogen (secondary N) is 2. The van der Waals surface area contributed by atoms with Gasteiger partial charge in [0.15, 0.2) is 0 Å². The zero-order valence-corrected chi connectivity index (χ0v) is 16.3. The third-order valence-corrected chi connectivity index (χ3v) is 4.50. The van der Waals surface area contributed by atoms with Crippen LogP contribution in [0.5, 0.6) is 0 Å². The molecule has 2 N–H and O–H groups in total. The molecular formula is C22H24N4O2. The van der Waals surface area contributed by atoms with Gasteiger partial charge in [-0.25, -0.2) is 4.68 Å². The number of aromatic nitrogens is 2. The highest BCUT2D eigenvalue weighted by atomic mass is 16.2. The molecule has 0 aliphatic carbocycles. The molecule has 6 heteroatoms. The number of rotatable bonds is 6. The van der Waals surface area contributed by atoms with Crippen LogP contribution in [0.4, 0.5) is 5.69 Å². The first-order valence-corrected chi connectivity index (χ1v) is 9.30. The van der Waals surface area contributed by atoms with E-state index in [1.165, 1.54) is 6.92 Å². The van der Waals surface area contributed by atoms with E-state index in [1.54, 1.807) is 10.9 Å². The molecule has 0 radical (unpaired) electrons. The highest BCUT2D eigenvalue weighted by Crippen LogP contribution is 2.20. The lowest BCUT2D eigenvalue weighted by atomic mass is 10.1. The third kappa shape index (κ3) is 4.28. The van der Waals surface area contributed by atoms with Gasteiger partial charge >= 0.3 is 0 Å². The van der Waals surface area contributed by atoms with Crippen LogP contribution < -0.4 is 10.6 Å².